The minimum Gasteiger partial charge on any atom is -0.368 e. The van der Waals surface area contributed by atoms with E-state index in [1.165, 1.54) is 0 Å². The van der Waals surface area contributed by atoms with Crippen molar-refractivity contribution in [3.8, 4) is 0 Å². The summed E-state index contributed by atoms with van der Waals surface area (Å²) in [4.78, 5) is 18.0. The Hall–Kier alpha value is -1.81. The molecule has 3 rings (SSSR count). The average Bonchev–Trinajstić information content (AvgIpc) is 2.87. The molecule has 1 saturated heterocycles. The van der Waals surface area contributed by atoms with E-state index in [2.05, 4.69) is 4.98 Å². The van der Waals surface area contributed by atoms with E-state index < -0.39 is 0 Å². The molecule has 1 aromatic heterocycles. The molecule has 0 bridgehead atoms. The van der Waals surface area contributed by atoms with Crippen LogP contribution in [-0.2, 0) is 4.79 Å². The van der Waals surface area contributed by atoms with E-state index in [0.717, 1.165) is 36.1 Å². The maximum Gasteiger partial charge on any atom is 0.240 e. The van der Waals surface area contributed by atoms with E-state index in [4.69, 9.17) is 17.3 Å². The number of anilines is 1. The third-order valence-corrected chi connectivity index (χ3v) is 3.75. The number of halogens is 1. The Morgan fingerprint density at radius 3 is 3.00 bits per heavy atom. The number of benzene rings is 1. The fraction of sp³-hybridized carbons (Fsp3) is 0.286. The molecule has 19 heavy (non-hydrogen) atoms. The lowest BCUT2D eigenvalue weighted by Crippen LogP contribution is -2.40. The van der Waals surface area contributed by atoms with Gasteiger partial charge >= 0.3 is 0 Å². The van der Waals surface area contributed by atoms with Crippen molar-refractivity contribution in [2.45, 2.75) is 18.9 Å². The summed E-state index contributed by atoms with van der Waals surface area (Å²) in [5.74, 6) is 0.520. The van der Waals surface area contributed by atoms with Crippen molar-refractivity contribution in [1.29, 1.82) is 0 Å². The third-order valence-electron chi connectivity index (χ3n) is 3.51. The molecule has 1 unspecified atom stereocenters. The van der Waals surface area contributed by atoms with Crippen molar-refractivity contribution < 1.29 is 4.79 Å². The predicted octanol–water partition coefficient (Wildman–Crippen LogP) is 2.34. The van der Waals surface area contributed by atoms with Gasteiger partial charge in [-0.25, -0.2) is 4.98 Å². The highest BCUT2D eigenvalue weighted by Crippen LogP contribution is 2.26. The van der Waals surface area contributed by atoms with E-state index in [1.807, 2.05) is 35.2 Å². The Bertz CT molecular complexity index is 644. The van der Waals surface area contributed by atoms with Gasteiger partial charge < -0.3 is 10.6 Å². The molecule has 0 saturated carbocycles. The highest BCUT2D eigenvalue weighted by molar-refractivity contribution is 6.31. The molecule has 5 heteroatoms. The number of nitrogens with zero attached hydrogens (tertiary/aromatic N) is 2. The number of fused-ring (bicyclic) bond motifs is 1. The van der Waals surface area contributed by atoms with Crippen molar-refractivity contribution >= 4 is 34.2 Å². The summed E-state index contributed by atoms with van der Waals surface area (Å²) >= 11 is 5.95. The summed E-state index contributed by atoms with van der Waals surface area (Å²) in [5, 5.41) is 1.68. The van der Waals surface area contributed by atoms with E-state index >= 15 is 0 Å². The third kappa shape index (κ3) is 2.24. The van der Waals surface area contributed by atoms with Gasteiger partial charge in [0.2, 0.25) is 5.91 Å². The Balaban J connectivity index is 2.01. The fourth-order valence-corrected chi connectivity index (χ4v) is 2.76. The van der Waals surface area contributed by atoms with Gasteiger partial charge in [0.15, 0.2) is 0 Å². The second-order valence-corrected chi connectivity index (χ2v) is 5.20. The first-order valence-corrected chi connectivity index (χ1v) is 6.65. The van der Waals surface area contributed by atoms with Crippen molar-refractivity contribution in [1.82, 2.24) is 4.98 Å². The lowest BCUT2D eigenvalue weighted by Gasteiger charge is -2.23. The van der Waals surface area contributed by atoms with Crippen molar-refractivity contribution in [3.63, 3.8) is 0 Å². The second kappa shape index (κ2) is 4.70. The van der Waals surface area contributed by atoms with Gasteiger partial charge in [0.1, 0.15) is 11.9 Å². The Labute approximate surface area is 116 Å². The molecule has 4 nitrogen and oxygen atoms in total. The quantitative estimate of drug-likeness (QED) is 0.915. The molecule has 0 radical (unpaired) electrons. The number of aromatic nitrogens is 1. The first-order chi connectivity index (χ1) is 9.15. The number of amides is 1. The number of pyridine rings is 1. The molecule has 2 N–H and O–H groups in total. The number of nitrogens with two attached hydrogens (primary N) is 1. The van der Waals surface area contributed by atoms with Crippen LogP contribution in [0.4, 0.5) is 5.82 Å². The van der Waals surface area contributed by atoms with Crippen LogP contribution in [0.25, 0.3) is 10.9 Å². The monoisotopic (exact) mass is 275 g/mol. The van der Waals surface area contributed by atoms with Crippen LogP contribution in [-0.4, -0.2) is 23.5 Å². The summed E-state index contributed by atoms with van der Waals surface area (Å²) < 4.78 is 0. The van der Waals surface area contributed by atoms with Gasteiger partial charge in [0.05, 0.1) is 5.52 Å². The molecule has 1 aliphatic rings. The minimum atomic E-state index is -0.282. The van der Waals surface area contributed by atoms with Crippen LogP contribution < -0.4 is 10.6 Å². The standard InChI is InChI=1S/C14H14ClN3O/c15-10-4-5-11-9(8-10)3-6-13(17-11)18-7-1-2-12(18)14(16)19/h3-6,8,12H,1-2,7H2,(H2,16,19). The van der Waals surface area contributed by atoms with Crippen molar-refractivity contribution in [2.75, 3.05) is 11.4 Å². The molecule has 2 heterocycles. The van der Waals surface area contributed by atoms with Crippen LogP contribution in [0.2, 0.25) is 5.02 Å². The first kappa shape index (κ1) is 12.2. The van der Waals surface area contributed by atoms with Gasteiger partial charge in [0.25, 0.3) is 0 Å². The highest BCUT2D eigenvalue weighted by atomic mass is 35.5. The van der Waals surface area contributed by atoms with Crippen LogP contribution in [0.5, 0.6) is 0 Å². The number of primary amides is 1. The van der Waals surface area contributed by atoms with Crippen LogP contribution in [0.3, 0.4) is 0 Å². The first-order valence-electron chi connectivity index (χ1n) is 6.27. The molecule has 1 aliphatic heterocycles. The summed E-state index contributed by atoms with van der Waals surface area (Å²) in [6.45, 7) is 0.819. The number of carbonyl (C=O) groups is 1. The highest BCUT2D eigenvalue weighted by Gasteiger charge is 2.29. The SMILES string of the molecule is NC(=O)C1CCCN1c1ccc2cc(Cl)ccc2n1. The number of rotatable bonds is 2. The maximum atomic E-state index is 11.4. The van der Waals surface area contributed by atoms with E-state index in [9.17, 15) is 4.79 Å². The minimum absolute atomic E-state index is 0.239. The number of hydrogen-bond acceptors (Lipinski definition) is 3. The predicted molar refractivity (Wildman–Crippen MR) is 76.3 cm³/mol. The summed E-state index contributed by atoms with van der Waals surface area (Å²) in [7, 11) is 0. The fourth-order valence-electron chi connectivity index (χ4n) is 2.58. The lowest BCUT2D eigenvalue weighted by atomic mass is 10.2. The van der Waals surface area contributed by atoms with Gasteiger partial charge in [-0.05, 0) is 43.2 Å². The lowest BCUT2D eigenvalue weighted by molar-refractivity contribution is -0.119. The van der Waals surface area contributed by atoms with Crippen LogP contribution in [0.1, 0.15) is 12.8 Å². The largest absolute Gasteiger partial charge is 0.368 e. The maximum absolute atomic E-state index is 11.4. The zero-order valence-electron chi connectivity index (χ0n) is 10.3. The molecule has 1 fully saturated rings. The number of carbonyl (C=O) groups excluding carboxylic acids is 1. The molecule has 1 aromatic carbocycles. The van der Waals surface area contributed by atoms with E-state index in [1.54, 1.807) is 0 Å². The smallest absolute Gasteiger partial charge is 0.240 e. The van der Waals surface area contributed by atoms with Gasteiger partial charge in [-0.3, -0.25) is 4.79 Å². The van der Waals surface area contributed by atoms with E-state index in [0.29, 0.717) is 5.02 Å². The van der Waals surface area contributed by atoms with Crippen molar-refractivity contribution in [2.24, 2.45) is 5.73 Å². The molecule has 0 aliphatic carbocycles. The normalized spacial score (nSPS) is 19.0. The summed E-state index contributed by atoms with van der Waals surface area (Å²) in [6, 6.07) is 9.23. The van der Waals surface area contributed by atoms with Gasteiger partial charge in [-0.2, -0.15) is 0 Å². The summed E-state index contributed by atoms with van der Waals surface area (Å²) in [5.41, 5.74) is 6.30. The topological polar surface area (TPSA) is 59.2 Å². The van der Waals surface area contributed by atoms with Gasteiger partial charge in [-0.1, -0.05) is 11.6 Å². The van der Waals surface area contributed by atoms with Gasteiger partial charge in [0, 0.05) is 17.0 Å². The molecular weight excluding hydrogens is 262 g/mol. The van der Waals surface area contributed by atoms with Crippen molar-refractivity contribution in [3.05, 3.63) is 35.4 Å². The Morgan fingerprint density at radius 1 is 1.37 bits per heavy atom. The Morgan fingerprint density at radius 2 is 2.21 bits per heavy atom. The summed E-state index contributed by atoms with van der Waals surface area (Å²) in [6.07, 6.45) is 1.77. The molecule has 1 atom stereocenters. The molecule has 0 spiro atoms. The Kier molecular flexibility index (Phi) is 3.03. The molecule has 98 valence electrons. The van der Waals surface area contributed by atoms with E-state index in [-0.39, 0.29) is 11.9 Å². The number of hydrogen-bond donors (Lipinski definition) is 1. The molecule has 2 aromatic rings. The van der Waals surface area contributed by atoms with Gasteiger partial charge in [-0.15, -0.1) is 0 Å². The van der Waals surface area contributed by atoms with Crippen LogP contribution >= 0.6 is 11.6 Å². The van der Waals surface area contributed by atoms with Crippen LogP contribution in [0, 0.1) is 0 Å². The molecular formula is C14H14ClN3O. The zero-order chi connectivity index (χ0) is 13.4. The zero-order valence-corrected chi connectivity index (χ0v) is 11.1. The average molecular weight is 276 g/mol. The molecule has 1 amide bonds. The van der Waals surface area contributed by atoms with Crippen LogP contribution in [0.15, 0.2) is 30.3 Å². The second-order valence-electron chi connectivity index (χ2n) is 4.76.